The summed E-state index contributed by atoms with van der Waals surface area (Å²) in [5.41, 5.74) is 4.37. The van der Waals surface area contributed by atoms with E-state index in [2.05, 4.69) is 17.9 Å². The molecule has 0 bridgehead atoms. The second-order valence-corrected chi connectivity index (χ2v) is 7.44. The minimum Gasteiger partial charge on any atom is -0.497 e. The van der Waals surface area contributed by atoms with E-state index in [4.69, 9.17) is 9.47 Å². The number of aryl methyl sites for hydroxylation is 2. The highest BCUT2D eigenvalue weighted by atomic mass is 35.5. The fourth-order valence-corrected chi connectivity index (χ4v) is 3.54. The van der Waals surface area contributed by atoms with E-state index in [-0.39, 0.29) is 18.4 Å². The lowest BCUT2D eigenvalue weighted by atomic mass is 9.80. The maximum Gasteiger partial charge on any atom is 0.339 e. The van der Waals surface area contributed by atoms with Crippen molar-refractivity contribution in [2.24, 2.45) is 0 Å². The van der Waals surface area contributed by atoms with Crippen molar-refractivity contribution in [3.8, 4) is 5.75 Å². The molecule has 5 heteroatoms. The lowest BCUT2D eigenvalue weighted by Gasteiger charge is -2.39. The molecule has 0 fully saturated rings. The van der Waals surface area contributed by atoms with Gasteiger partial charge in [0.2, 0.25) is 0 Å². The number of ether oxygens (including phenoxy) is 2. The van der Waals surface area contributed by atoms with E-state index in [0.29, 0.717) is 12.0 Å². The number of halogens is 1. The van der Waals surface area contributed by atoms with Crippen LogP contribution in [0.3, 0.4) is 0 Å². The minimum absolute atomic E-state index is 0. The van der Waals surface area contributed by atoms with Gasteiger partial charge in [0.1, 0.15) is 11.4 Å². The van der Waals surface area contributed by atoms with Crippen molar-refractivity contribution >= 4 is 18.4 Å². The van der Waals surface area contributed by atoms with Crippen LogP contribution in [0.5, 0.6) is 5.75 Å². The minimum atomic E-state index is -0.676. The summed E-state index contributed by atoms with van der Waals surface area (Å²) >= 11 is 0. The maximum atomic E-state index is 12.9. The first-order chi connectivity index (χ1) is 12.3. The zero-order chi connectivity index (χ0) is 18.9. The van der Waals surface area contributed by atoms with Gasteiger partial charge in [0.05, 0.1) is 12.7 Å². The van der Waals surface area contributed by atoms with Crippen LogP contribution in [-0.2, 0) is 16.8 Å². The molecule has 4 nitrogen and oxygen atoms in total. The first-order valence-electron chi connectivity index (χ1n) is 8.97. The number of cyclic esters (lactones) is 1. The number of esters is 1. The van der Waals surface area contributed by atoms with Crippen LogP contribution in [0.4, 0.5) is 0 Å². The number of hydrogen-bond acceptors (Lipinski definition) is 4. The van der Waals surface area contributed by atoms with Gasteiger partial charge < -0.3 is 14.4 Å². The van der Waals surface area contributed by atoms with Crippen LogP contribution in [0.15, 0.2) is 36.4 Å². The molecule has 1 unspecified atom stereocenters. The molecule has 0 spiro atoms. The Labute approximate surface area is 167 Å². The van der Waals surface area contributed by atoms with Gasteiger partial charge in [-0.3, -0.25) is 0 Å². The second-order valence-electron chi connectivity index (χ2n) is 7.44. The molecule has 2 aromatic rings. The molecular weight excluding hydrogens is 362 g/mol. The highest BCUT2D eigenvalue weighted by Crippen LogP contribution is 2.41. The van der Waals surface area contributed by atoms with Crippen LogP contribution in [-0.4, -0.2) is 38.6 Å². The Balaban J connectivity index is 0.00000261. The average Bonchev–Trinajstić information content (AvgIpc) is 2.62. The van der Waals surface area contributed by atoms with Crippen LogP contribution in [0.2, 0.25) is 0 Å². The predicted molar refractivity (Wildman–Crippen MR) is 110 cm³/mol. The standard InChI is InChI=1S/C22H27NO3.ClH/c1-15-11-17-14-22(9-10-23(3)4,18-7-6-8-19(13-18)25-5)26-21(24)20(17)12-16(15)2;/h6-8,11-13H,9-10,14H2,1-5H3;1H. The fraction of sp³-hybridized carbons (Fsp3) is 0.409. The smallest absolute Gasteiger partial charge is 0.339 e. The Morgan fingerprint density at radius 2 is 1.85 bits per heavy atom. The predicted octanol–water partition coefficient (Wildman–Crippen LogP) is 4.29. The van der Waals surface area contributed by atoms with Crippen LogP contribution >= 0.6 is 12.4 Å². The first-order valence-corrected chi connectivity index (χ1v) is 8.97. The molecule has 0 aromatic heterocycles. The summed E-state index contributed by atoms with van der Waals surface area (Å²) in [5.74, 6) is 0.532. The van der Waals surface area contributed by atoms with Crippen LogP contribution in [0, 0.1) is 13.8 Å². The van der Waals surface area contributed by atoms with Gasteiger partial charge in [-0.1, -0.05) is 18.2 Å². The molecule has 0 N–H and O–H groups in total. The summed E-state index contributed by atoms with van der Waals surface area (Å²) in [6.45, 7) is 4.94. The van der Waals surface area contributed by atoms with Crippen molar-refractivity contribution in [1.29, 1.82) is 0 Å². The summed E-state index contributed by atoms with van der Waals surface area (Å²) in [7, 11) is 5.72. The number of nitrogens with zero attached hydrogens (tertiary/aromatic N) is 1. The van der Waals surface area contributed by atoms with Crippen LogP contribution in [0.25, 0.3) is 0 Å². The zero-order valence-corrected chi connectivity index (χ0v) is 17.5. The molecular formula is C22H28ClNO3. The number of carbonyl (C=O) groups excluding carboxylic acids is 1. The fourth-order valence-electron chi connectivity index (χ4n) is 3.54. The molecule has 1 atom stereocenters. The number of carbonyl (C=O) groups is 1. The summed E-state index contributed by atoms with van der Waals surface area (Å²) in [6, 6.07) is 12.0. The number of rotatable bonds is 5. The van der Waals surface area contributed by atoms with E-state index >= 15 is 0 Å². The molecule has 1 aliphatic rings. The molecule has 0 saturated heterocycles. The monoisotopic (exact) mass is 389 g/mol. The summed E-state index contributed by atoms with van der Waals surface area (Å²) in [4.78, 5) is 15.0. The van der Waals surface area contributed by atoms with Gasteiger partial charge in [0.25, 0.3) is 0 Å². The third-order valence-corrected chi connectivity index (χ3v) is 5.26. The van der Waals surface area contributed by atoms with Gasteiger partial charge in [0.15, 0.2) is 0 Å². The quantitative estimate of drug-likeness (QED) is 0.715. The van der Waals surface area contributed by atoms with Gasteiger partial charge >= 0.3 is 5.97 Å². The summed E-state index contributed by atoms with van der Waals surface area (Å²) in [5, 5.41) is 0. The molecule has 27 heavy (non-hydrogen) atoms. The van der Waals surface area contributed by atoms with Gasteiger partial charge in [-0.2, -0.15) is 0 Å². The van der Waals surface area contributed by atoms with E-state index in [0.717, 1.165) is 35.4 Å². The Kier molecular flexibility index (Phi) is 6.55. The Bertz CT molecular complexity index is 834. The number of benzene rings is 2. The van der Waals surface area contributed by atoms with E-state index in [1.54, 1.807) is 7.11 Å². The van der Waals surface area contributed by atoms with E-state index in [1.165, 1.54) is 5.56 Å². The van der Waals surface area contributed by atoms with Crippen molar-refractivity contribution in [1.82, 2.24) is 4.90 Å². The van der Waals surface area contributed by atoms with E-state index in [1.807, 2.05) is 51.4 Å². The Morgan fingerprint density at radius 3 is 2.52 bits per heavy atom. The van der Waals surface area contributed by atoms with Gasteiger partial charge in [-0.15, -0.1) is 12.4 Å². The Morgan fingerprint density at radius 1 is 1.15 bits per heavy atom. The lowest BCUT2D eigenvalue weighted by Crippen LogP contribution is -2.41. The third kappa shape index (κ3) is 4.28. The number of hydrogen-bond donors (Lipinski definition) is 0. The molecule has 0 aliphatic carbocycles. The summed E-state index contributed by atoms with van der Waals surface area (Å²) in [6.07, 6.45) is 1.40. The highest BCUT2D eigenvalue weighted by molar-refractivity contribution is 5.93. The Hall–Kier alpha value is -2.04. The van der Waals surface area contributed by atoms with E-state index < -0.39 is 5.60 Å². The molecule has 3 rings (SSSR count). The van der Waals surface area contributed by atoms with Crippen LogP contribution in [0.1, 0.15) is 39.0 Å². The van der Waals surface area contributed by atoms with Crippen molar-refractivity contribution in [3.05, 3.63) is 64.2 Å². The van der Waals surface area contributed by atoms with E-state index in [9.17, 15) is 4.79 Å². The topological polar surface area (TPSA) is 38.8 Å². The molecule has 1 aliphatic heterocycles. The molecule has 146 valence electrons. The van der Waals surface area contributed by atoms with Crippen LogP contribution < -0.4 is 4.74 Å². The first kappa shape index (κ1) is 21.3. The molecule has 0 saturated carbocycles. The van der Waals surface area contributed by atoms with Crippen molar-refractivity contribution in [3.63, 3.8) is 0 Å². The average molecular weight is 390 g/mol. The summed E-state index contributed by atoms with van der Waals surface area (Å²) < 4.78 is 11.5. The SMILES string of the molecule is COc1cccc(C2(CCN(C)C)Cc3cc(C)c(C)cc3C(=O)O2)c1.Cl. The van der Waals surface area contributed by atoms with Crippen molar-refractivity contribution in [2.45, 2.75) is 32.3 Å². The van der Waals surface area contributed by atoms with Crippen molar-refractivity contribution in [2.75, 3.05) is 27.7 Å². The lowest BCUT2D eigenvalue weighted by molar-refractivity contribution is -0.0356. The second kappa shape index (κ2) is 8.32. The third-order valence-electron chi connectivity index (χ3n) is 5.26. The number of fused-ring (bicyclic) bond motifs is 1. The van der Waals surface area contributed by atoms with Crippen molar-refractivity contribution < 1.29 is 14.3 Å². The molecule has 2 aromatic carbocycles. The maximum absolute atomic E-state index is 12.9. The largest absolute Gasteiger partial charge is 0.497 e. The van der Waals surface area contributed by atoms with Gasteiger partial charge in [0, 0.05) is 19.4 Å². The molecule has 0 amide bonds. The normalized spacial score (nSPS) is 18.5. The molecule has 1 heterocycles. The van der Waals surface area contributed by atoms with Gasteiger partial charge in [-0.05, 0) is 68.4 Å². The zero-order valence-electron chi connectivity index (χ0n) is 16.7. The number of methoxy groups -OCH3 is 1. The molecule has 0 radical (unpaired) electrons. The van der Waals surface area contributed by atoms with Gasteiger partial charge in [-0.25, -0.2) is 4.79 Å². The highest BCUT2D eigenvalue weighted by Gasteiger charge is 2.42.